The van der Waals surface area contributed by atoms with Crippen molar-refractivity contribution in [2.75, 3.05) is 0 Å². The Hall–Kier alpha value is -6.91. The molecule has 0 spiro atoms. The molecule has 51 heavy (non-hydrogen) atoms. The SMILES string of the molecule is c1ccc(-c2cc(-c3ccc(-c4nc5ccccc5c5c4c4ccccc4n5-c4ccc5ccccc5c4)cc3)nc(-c3ccccc3)n2)cc1. The molecule has 10 rings (SSSR count). The predicted octanol–water partition coefficient (Wildman–Crippen LogP) is 11.9. The average molecular weight is 651 g/mol. The molecule has 0 N–H and O–H groups in total. The highest BCUT2D eigenvalue weighted by Crippen LogP contribution is 2.42. The van der Waals surface area contributed by atoms with Crippen molar-refractivity contribution >= 4 is 43.5 Å². The third kappa shape index (κ3) is 4.96. The fourth-order valence-corrected chi connectivity index (χ4v) is 7.34. The maximum atomic E-state index is 5.35. The maximum absolute atomic E-state index is 5.35. The van der Waals surface area contributed by atoms with Crippen molar-refractivity contribution in [1.29, 1.82) is 0 Å². The van der Waals surface area contributed by atoms with Crippen LogP contribution in [0.25, 0.3) is 94.3 Å². The number of para-hydroxylation sites is 2. The number of aromatic nitrogens is 4. The van der Waals surface area contributed by atoms with Gasteiger partial charge in [-0.15, -0.1) is 0 Å². The molecule has 0 radical (unpaired) electrons. The van der Waals surface area contributed by atoms with E-state index in [1.54, 1.807) is 0 Å². The van der Waals surface area contributed by atoms with Crippen LogP contribution in [0.1, 0.15) is 0 Å². The molecular formula is C47H30N4. The van der Waals surface area contributed by atoms with Gasteiger partial charge in [0, 0.05) is 44.1 Å². The van der Waals surface area contributed by atoms with Crippen LogP contribution in [0.3, 0.4) is 0 Å². The van der Waals surface area contributed by atoms with Crippen LogP contribution in [-0.2, 0) is 0 Å². The summed E-state index contributed by atoms with van der Waals surface area (Å²) in [7, 11) is 0. The van der Waals surface area contributed by atoms with Gasteiger partial charge >= 0.3 is 0 Å². The van der Waals surface area contributed by atoms with Gasteiger partial charge in [0.15, 0.2) is 5.82 Å². The van der Waals surface area contributed by atoms with Crippen LogP contribution < -0.4 is 0 Å². The van der Waals surface area contributed by atoms with Gasteiger partial charge in [-0.3, -0.25) is 0 Å². The van der Waals surface area contributed by atoms with E-state index in [1.807, 2.05) is 36.4 Å². The summed E-state index contributed by atoms with van der Waals surface area (Å²) >= 11 is 0. The molecule has 0 amide bonds. The van der Waals surface area contributed by atoms with Gasteiger partial charge in [0.05, 0.1) is 33.6 Å². The van der Waals surface area contributed by atoms with E-state index in [-0.39, 0.29) is 0 Å². The first kappa shape index (κ1) is 29.0. The van der Waals surface area contributed by atoms with E-state index in [4.69, 9.17) is 15.0 Å². The largest absolute Gasteiger partial charge is 0.308 e. The Bertz CT molecular complexity index is 2830. The Morgan fingerprint density at radius 2 is 0.980 bits per heavy atom. The molecule has 0 aliphatic carbocycles. The van der Waals surface area contributed by atoms with Crippen molar-refractivity contribution in [3.05, 3.63) is 182 Å². The highest BCUT2D eigenvalue weighted by molar-refractivity contribution is 6.22. The Kier molecular flexibility index (Phi) is 6.78. The monoisotopic (exact) mass is 650 g/mol. The zero-order valence-corrected chi connectivity index (χ0v) is 27.6. The third-order valence-corrected chi connectivity index (χ3v) is 9.78. The van der Waals surface area contributed by atoms with Crippen LogP contribution in [-0.4, -0.2) is 19.5 Å². The molecule has 238 valence electrons. The second kappa shape index (κ2) is 11.9. The van der Waals surface area contributed by atoms with Gasteiger partial charge in [0.1, 0.15) is 0 Å². The van der Waals surface area contributed by atoms with Gasteiger partial charge in [0.2, 0.25) is 0 Å². The molecule has 0 unspecified atom stereocenters. The van der Waals surface area contributed by atoms with Crippen LogP contribution in [0.5, 0.6) is 0 Å². The number of rotatable bonds is 5. The smallest absolute Gasteiger partial charge is 0.160 e. The normalized spacial score (nSPS) is 11.5. The van der Waals surface area contributed by atoms with E-state index in [1.165, 1.54) is 16.2 Å². The second-order valence-corrected chi connectivity index (χ2v) is 12.9. The van der Waals surface area contributed by atoms with Crippen molar-refractivity contribution < 1.29 is 0 Å². The Morgan fingerprint density at radius 3 is 1.75 bits per heavy atom. The first-order valence-electron chi connectivity index (χ1n) is 17.2. The summed E-state index contributed by atoms with van der Waals surface area (Å²) in [5.41, 5.74) is 11.2. The Balaban J connectivity index is 1.17. The minimum Gasteiger partial charge on any atom is -0.308 e. The number of hydrogen-bond acceptors (Lipinski definition) is 3. The van der Waals surface area contributed by atoms with Crippen LogP contribution in [0.2, 0.25) is 0 Å². The number of hydrogen-bond donors (Lipinski definition) is 0. The zero-order valence-electron chi connectivity index (χ0n) is 27.6. The van der Waals surface area contributed by atoms with Crippen molar-refractivity contribution in [2.24, 2.45) is 0 Å². The number of benzene rings is 7. The zero-order chi connectivity index (χ0) is 33.7. The second-order valence-electron chi connectivity index (χ2n) is 12.9. The lowest BCUT2D eigenvalue weighted by molar-refractivity contribution is 1.18. The fraction of sp³-hybridized carbons (Fsp3) is 0. The fourth-order valence-electron chi connectivity index (χ4n) is 7.34. The summed E-state index contributed by atoms with van der Waals surface area (Å²) in [6.07, 6.45) is 0. The third-order valence-electron chi connectivity index (χ3n) is 9.78. The van der Waals surface area contributed by atoms with Crippen molar-refractivity contribution in [1.82, 2.24) is 19.5 Å². The maximum Gasteiger partial charge on any atom is 0.160 e. The molecule has 0 bridgehead atoms. The molecule has 4 heteroatoms. The molecular weight excluding hydrogens is 621 g/mol. The average Bonchev–Trinajstić information content (AvgIpc) is 3.56. The lowest BCUT2D eigenvalue weighted by atomic mass is 10.00. The highest BCUT2D eigenvalue weighted by Gasteiger charge is 2.21. The summed E-state index contributed by atoms with van der Waals surface area (Å²) in [4.78, 5) is 15.4. The molecule has 0 saturated heterocycles. The number of nitrogens with zero attached hydrogens (tertiary/aromatic N) is 4. The lowest BCUT2D eigenvalue weighted by Gasteiger charge is -2.13. The Morgan fingerprint density at radius 1 is 0.392 bits per heavy atom. The molecule has 0 aliphatic rings. The predicted molar refractivity (Wildman–Crippen MR) is 211 cm³/mol. The molecule has 10 aromatic rings. The first-order valence-corrected chi connectivity index (χ1v) is 17.2. The standard InChI is InChI=1S/C47H30N4/c1-3-14-32(15-4-1)41-30-42(50-47(49-41)35-16-5-2-6-17-35)33-23-25-34(26-24-33)45-44-39-20-10-12-22-43(39)51(46(44)38-19-9-11-21-40(38)48-45)37-28-27-31-13-7-8-18-36(31)29-37/h1-30H. The topological polar surface area (TPSA) is 43.6 Å². The highest BCUT2D eigenvalue weighted by atomic mass is 15.0. The van der Waals surface area contributed by atoms with Crippen molar-refractivity contribution in [2.45, 2.75) is 0 Å². The Labute approximate surface area is 295 Å². The lowest BCUT2D eigenvalue weighted by Crippen LogP contribution is -1.97. The molecule has 3 heterocycles. The molecule has 3 aromatic heterocycles. The van der Waals surface area contributed by atoms with E-state index in [0.29, 0.717) is 5.82 Å². The van der Waals surface area contributed by atoms with Crippen LogP contribution >= 0.6 is 0 Å². The van der Waals surface area contributed by atoms with Gasteiger partial charge in [-0.05, 0) is 41.1 Å². The summed E-state index contributed by atoms with van der Waals surface area (Å²) < 4.78 is 2.41. The summed E-state index contributed by atoms with van der Waals surface area (Å²) in [6, 6.07) is 63.7. The molecule has 7 aromatic carbocycles. The number of pyridine rings is 1. The van der Waals surface area contributed by atoms with E-state index < -0.39 is 0 Å². The van der Waals surface area contributed by atoms with Crippen LogP contribution in [0, 0.1) is 0 Å². The van der Waals surface area contributed by atoms with Crippen molar-refractivity contribution in [3.8, 4) is 50.8 Å². The molecule has 0 fully saturated rings. The quantitative estimate of drug-likeness (QED) is 0.186. The van der Waals surface area contributed by atoms with Crippen LogP contribution in [0.4, 0.5) is 0 Å². The van der Waals surface area contributed by atoms with E-state index in [2.05, 4.69) is 150 Å². The van der Waals surface area contributed by atoms with E-state index in [0.717, 1.165) is 72.3 Å². The van der Waals surface area contributed by atoms with Crippen molar-refractivity contribution in [3.63, 3.8) is 0 Å². The minimum atomic E-state index is 0.704. The van der Waals surface area contributed by atoms with Crippen LogP contribution in [0.15, 0.2) is 182 Å². The first-order chi connectivity index (χ1) is 25.3. The van der Waals surface area contributed by atoms with Gasteiger partial charge in [-0.1, -0.05) is 152 Å². The molecule has 4 nitrogen and oxygen atoms in total. The molecule has 0 atom stereocenters. The summed E-state index contributed by atoms with van der Waals surface area (Å²) in [5, 5.41) is 5.88. The summed E-state index contributed by atoms with van der Waals surface area (Å²) in [5.74, 6) is 0.704. The van der Waals surface area contributed by atoms with Gasteiger partial charge < -0.3 is 4.57 Å². The number of fused-ring (bicyclic) bond motifs is 6. The van der Waals surface area contributed by atoms with Gasteiger partial charge in [-0.2, -0.15) is 0 Å². The van der Waals surface area contributed by atoms with E-state index >= 15 is 0 Å². The van der Waals surface area contributed by atoms with Gasteiger partial charge in [0.25, 0.3) is 0 Å². The van der Waals surface area contributed by atoms with E-state index in [9.17, 15) is 0 Å². The van der Waals surface area contributed by atoms with Gasteiger partial charge in [-0.25, -0.2) is 15.0 Å². The molecule has 0 saturated carbocycles. The summed E-state index contributed by atoms with van der Waals surface area (Å²) in [6.45, 7) is 0. The minimum absolute atomic E-state index is 0.704. The molecule has 0 aliphatic heterocycles.